The molecule has 7 aromatic carbocycles. The first-order valence-corrected chi connectivity index (χ1v) is 22.7. The van der Waals surface area contributed by atoms with E-state index in [9.17, 15) is 0 Å². The highest BCUT2D eigenvalue weighted by Crippen LogP contribution is 2.43. The summed E-state index contributed by atoms with van der Waals surface area (Å²) in [7, 11) is 0. The van der Waals surface area contributed by atoms with Crippen LogP contribution in [0.3, 0.4) is 0 Å². The molecule has 5 heterocycles. The summed E-state index contributed by atoms with van der Waals surface area (Å²) in [6.45, 7) is -4.93. The summed E-state index contributed by atoms with van der Waals surface area (Å²) in [5.74, 6) is 0. The zero-order valence-corrected chi connectivity index (χ0v) is 37.1. The molecule has 0 atom stereocenters. The topological polar surface area (TPSA) is 64.7 Å². The summed E-state index contributed by atoms with van der Waals surface area (Å²) in [6, 6.07) is 66.7. The van der Waals surface area contributed by atoms with Gasteiger partial charge < -0.3 is 4.42 Å². The highest BCUT2D eigenvalue weighted by molar-refractivity contribution is 6.04. The molecule has 12 aromatic rings. The summed E-state index contributed by atoms with van der Waals surface area (Å²) in [6.07, 6.45) is 7.00. The Bertz CT molecular complexity index is 3930. The number of nitrogens with zero attached hydrogens (tertiary/aromatic N) is 4. The molecule has 5 heteroatoms. The number of hydrogen-bond acceptors (Lipinski definition) is 5. The van der Waals surface area contributed by atoms with E-state index >= 15 is 0 Å². The molecule has 0 aliphatic carbocycles. The normalized spacial score (nSPS) is 13.0. The molecule has 0 N–H and O–H groups in total. The Labute approximate surface area is 409 Å². The fourth-order valence-electron chi connectivity index (χ4n) is 9.37. The van der Waals surface area contributed by atoms with Gasteiger partial charge in [-0.3, -0.25) is 15.0 Å². The van der Waals surface area contributed by atoms with Crippen molar-refractivity contribution in [3.8, 4) is 101 Å². The third-order valence-electron chi connectivity index (χ3n) is 12.8. The minimum absolute atomic E-state index is 0.185. The third-order valence-corrected chi connectivity index (χ3v) is 12.8. The quantitative estimate of drug-likeness (QED) is 0.144. The van der Waals surface area contributed by atoms with E-state index in [1.54, 1.807) is 30.7 Å². The Morgan fingerprint density at radius 3 is 1.28 bits per heavy atom. The standard InChI is InChI=1S/C64H44N4O/c1-41-31-61(43-17-5-3-6-18-43)66-39-58(41)54-25-13-11-23-52(54)47-33-46(34-48(35-47)53-24-12-14-26-55(53)59-40-67-62(32-42(59)2)44-19-7-4-8-20-44)51-22-10-9-21-50(51)45-29-30-60(65-37-45)49-36-57-56-27-15-16-28-63(56)69-64(57)68-38-49/h3-40H,1-2H3/i1D3,2D3. The second-order valence-electron chi connectivity index (χ2n) is 17.0. The average molecular weight is 891 g/mol. The van der Waals surface area contributed by atoms with E-state index in [0.29, 0.717) is 39.4 Å². The second-order valence-corrected chi connectivity index (χ2v) is 17.0. The number of aryl methyl sites for hydroxylation is 2. The van der Waals surface area contributed by atoms with Crippen molar-refractivity contribution in [2.75, 3.05) is 0 Å². The van der Waals surface area contributed by atoms with Crippen LogP contribution >= 0.6 is 0 Å². The lowest BCUT2D eigenvalue weighted by Gasteiger charge is -2.19. The number of hydrogen-bond donors (Lipinski definition) is 0. The van der Waals surface area contributed by atoms with Gasteiger partial charge in [0, 0.05) is 77.2 Å². The smallest absolute Gasteiger partial charge is 0.227 e. The molecule has 69 heavy (non-hydrogen) atoms. The summed E-state index contributed by atoms with van der Waals surface area (Å²) in [4.78, 5) is 19.3. The lowest BCUT2D eigenvalue weighted by molar-refractivity contribution is 0.654. The number of fused-ring (bicyclic) bond motifs is 3. The molecule has 0 fully saturated rings. The maximum absolute atomic E-state index is 8.79. The molecule has 0 bridgehead atoms. The predicted octanol–water partition coefficient (Wildman–Crippen LogP) is 16.8. The Kier molecular flexibility index (Phi) is 8.99. The van der Waals surface area contributed by atoms with Gasteiger partial charge in [-0.25, -0.2) is 4.98 Å². The Morgan fingerprint density at radius 1 is 0.304 bits per heavy atom. The molecule has 0 spiro atoms. The van der Waals surface area contributed by atoms with Gasteiger partial charge >= 0.3 is 0 Å². The summed E-state index contributed by atoms with van der Waals surface area (Å²) in [5, 5.41) is 1.91. The molecular formula is C64H44N4O. The lowest BCUT2D eigenvalue weighted by atomic mass is 9.86. The first-order chi connectivity index (χ1) is 36.4. The van der Waals surface area contributed by atoms with Crippen molar-refractivity contribution in [1.82, 2.24) is 19.9 Å². The number of aromatic nitrogens is 4. The van der Waals surface area contributed by atoms with Crippen LogP contribution in [0.15, 0.2) is 235 Å². The van der Waals surface area contributed by atoms with Gasteiger partial charge in [0.15, 0.2) is 0 Å². The van der Waals surface area contributed by atoms with Gasteiger partial charge in [0.05, 0.1) is 17.1 Å². The van der Waals surface area contributed by atoms with Gasteiger partial charge in [-0.1, -0.05) is 158 Å². The van der Waals surface area contributed by atoms with Gasteiger partial charge in [0.25, 0.3) is 0 Å². The zero-order chi connectivity index (χ0) is 51.3. The molecule has 0 amide bonds. The first kappa shape index (κ1) is 35.2. The van der Waals surface area contributed by atoms with Gasteiger partial charge in [-0.05, 0) is 123 Å². The third kappa shape index (κ3) is 7.86. The van der Waals surface area contributed by atoms with Crippen molar-refractivity contribution in [2.24, 2.45) is 0 Å². The maximum Gasteiger partial charge on any atom is 0.227 e. The molecule has 5 aromatic heterocycles. The Morgan fingerprint density at radius 2 is 0.754 bits per heavy atom. The second kappa shape index (κ2) is 17.6. The van der Waals surface area contributed by atoms with E-state index < -0.39 is 13.7 Å². The van der Waals surface area contributed by atoms with E-state index in [1.807, 2.05) is 158 Å². The largest absolute Gasteiger partial charge is 0.438 e. The van der Waals surface area contributed by atoms with Crippen molar-refractivity contribution in [3.63, 3.8) is 0 Å². The molecule has 12 rings (SSSR count). The minimum atomic E-state index is -2.47. The number of pyridine rings is 4. The van der Waals surface area contributed by atoms with Crippen molar-refractivity contribution >= 4 is 22.1 Å². The van der Waals surface area contributed by atoms with Crippen molar-refractivity contribution in [2.45, 2.75) is 13.7 Å². The molecule has 0 aliphatic heterocycles. The van der Waals surface area contributed by atoms with Gasteiger partial charge in [0.2, 0.25) is 5.71 Å². The van der Waals surface area contributed by atoms with Crippen molar-refractivity contribution in [1.29, 1.82) is 0 Å². The highest BCUT2D eigenvalue weighted by Gasteiger charge is 2.19. The molecular weight excluding hydrogens is 841 g/mol. The number of para-hydroxylation sites is 1. The van der Waals surface area contributed by atoms with E-state index in [2.05, 4.69) is 47.4 Å². The van der Waals surface area contributed by atoms with Crippen LogP contribution in [0.4, 0.5) is 0 Å². The number of furan rings is 1. The van der Waals surface area contributed by atoms with E-state index in [4.69, 9.17) is 27.6 Å². The predicted molar refractivity (Wildman–Crippen MR) is 283 cm³/mol. The van der Waals surface area contributed by atoms with Crippen LogP contribution in [0.25, 0.3) is 123 Å². The van der Waals surface area contributed by atoms with E-state index in [-0.39, 0.29) is 11.1 Å². The van der Waals surface area contributed by atoms with Crippen LogP contribution in [0.1, 0.15) is 19.4 Å². The van der Waals surface area contributed by atoms with Gasteiger partial charge in [-0.2, -0.15) is 0 Å². The Balaban J connectivity index is 1.03. The maximum atomic E-state index is 8.79. The van der Waals surface area contributed by atoms with Crippen LogP contribution in [-0.2, 0) is 0 Å². The van der Waals surface area contributed by atoms with Gasteiger partial charge in [-0.15, -0.1) is 0 Å². The van der Waals surface area contributed by atoms with Crippen LogP contribution in [0.2, 0.25) is 0 Å². The van der Waals surface area contributed by atoms with Crippen molar-refractivity contribution in [3.05, 3.63) is 242 Å². The fraction of sp³-hybridized carbons (Fsp3) is 0.0312. The molecule has 0 saturated heterocycles. The molecule has 0 unspecified atom stereocenters. The molecule has 0 saturated carbocycles. The van der Waals surface area contributed by atoms with Crippen LogP contribution in [0, 0.1) is 13.7 Å². The average Bonchev–Trinajstić information content (AvgIpc) is 3.83. The summed E-state index contributed by atoms with van der Waals surface area (Å²) < 4.78 is 58.7. The monoisotopic (exact) mass is 890 g/mol. The molecule has 0 radical (unpaired) electrons. The SMILES string of the molecule is [2H]C([2H])([2H])c1cc(-c2ccccc2)ncc1-c1ccccc1-c1cc(-c2ccccc2-c2ccc(-c3cnc4oc5ccccc5c4c3)nc2)cc(-c2ccccc2-c2cnc(-c3ccccc3)cc2C([2H])([2H])[2H])c1. The zero-order valence-electron chi connectivity index (χ0n) is 43.1. The molecule has 5 nitrogen and oxygen atoms in total. The summed E-state index contributed by atoms with van der Waals surface area (Å²) in [5.41, 5.74) is 15.3. The van der Waals surface area contributed by atoms with Crippen LogP contribution in [-0.4, -0.2) is 19.9 Å². The fourth-order valence-corrected chi connectivity index (χ4v) is 9.37. The minimum Gasteiger partial charge on any atom is -0.438 e. The van der Waals surface area contributed by atoms with E-state index in [1.165, 1.54) is 0 Å². The number of benzene rings is 7. The lowest BCUT2D eigenvalue weighted by Crippen LogP contribution is -1.95. The van der Waals surface area contributed by atoms with Crippen LogP contribution < -0.4 is 0 Å². The molecule has 0 aliphatic rings. The van der Waals surface area contributed by atoms with Crippen molar-refractivity contribution < 1.29 is 12.6 Å². The first-order valence-electron chi connectivity index (χ1n) is 25.7. The Hall–Kier alpha value is -9.06. The summed E-state index contributed by atoms with van der Waals surface area (Å²) >= 11 is 0. The molecule has 326 valence electrons. The number of rotatable bonds is 9. The highest BCUT2D eigenvalue weighted by atomic mass is 16.3. The van der Waals surface area contributed by atoms with Crippen LogP contribution in [0.5, 0.6) is 0 Å². The van der Waals surface area contributed by atoms with E-state index in [0.717, 1.165) is 83.2 Å². The van der Waals surface area contributed by atoms with Gasteiger partial charge in [0.1, 0.15) is 5.58 Å².